The summed E-state index contributed by atoms with van der Waals surface area (Å²) in [7, 11) is -1.99. The minimum atomic E-state index is -3.24. The number of para-hydroxylation sites is 2. The molecule has 2 N–H and O–H groups in total. The molecule has 1 saturated heterocycles. The van der Waals surface area contributed by atoms with E-state index in [4.69, 9.17) is 4.74 Å². The van der Waals surface area contributed by atoms with Crippen molar-refractivity contribution in [1.29, 1.82) is 0 Å². The van der Waals surface area contributed by atoms with Crippen LogP contribution in [0.2, 0.25) is 0 Å². The quantitative estimate of drug-likeness (QED) is 0.544. The van der Waals surface area contributed by atoms with Gasteiger partial charge in [-0.1, -0.05) is 12.1 Å². The van der Waals surface area contributed by atoms with E-state index in [2.05, 4.69) is 5.32 Å². The van der Waals surface area contributed by atoms with E-state index in [1.165, 1.54) is 22.6 Å². The number of sulfonamides is 1. The number of carbonyl (C=O) groups excluding carboxylic acids is 2. The van der Waals surface area contributed by atoms with Crippen LogP contribution >= 0.6 is 0 Å². The molecule has 0 aliphatic carbocycles. The van der Waals surface area contributed by atoms with Crippen LogP contribution in [0.5, 0.6) is 0 Å². The predicted octanol–water partition coefficient (Wildman–Crippen LogP) is -0.558. The third-order valence-electron chi connectivity index (χ3n) is 5.17. The summed E-state index contributed by atoms with van der Waals surface area (Å²) in [4.78, 5) is 28.4. The number of carbonyl (C=O) groups is 2. The summed E-state index contributed by atoms with van der Waals surface area (Å²) in [5.41, 5.74) is 1.75. The summed E-state index contributed by atoms with van der Waals surface area (Å²) < 4.78 is 29.8. The lowest BCUT2D eigenvalue weighted by Crippen LogP contribution is -2.48. The number of hydrogen-bond acceptors (Lipinski definition) is 8. The fourth-order valence-electron chi connectivity index (χ4n) is 3.60. The van der Waals surface area contributed by atoms with Gasteiger partial charge in [0.1, 0.15) is 5.70 Å². The molecule has 0 bridgehead atoms. The number of anilines is 2. The molecule has 0 unspecified atom stereocenters. The van der Waals surface area contributed by atoms with Gasteiger partial charge >= 0.3 is 5.97 Å². The molecule has 164 valence electrons. The Kier molecular flexibility index (Phi) is 6.64. The average molecular weight is 439 g/mol. The number of nitrogens with one attached hydrogen (secondary N) is 1. The molecule has 1 amide bonds. The Morgan fingerprint density at radius 3 is 2.47 bits per heavy atom. The number of amides is 1. The van der Waals surface area contributed by atoms with Crippen LogP contribution in [-0.2, 0) is 24.3 Å². The normalized spacial score (nSPS) is 18.2. The van der Waals surface area contributed by atoms with Crippen LogP contribution in [0.25, 0.3) is 0 Å². The number of piperazine rings is 1. The molecule has 1 aromatic rings. The van der Waals surface area contributed by atoms with Gasteiger partial charge in [-0.25, -0.2) is 13.2 Å². The van der Waals surface area contributed by atoms with Crippen molar-refractivity contribution in [3.8, 4) is 0 Å². The highest BCUT2D eigenvalue weighted by Gasteiger charge is 2.35. The lowest BCUT2D eigenvalue weighted by atomic mass is 10.2. The first-order chi connectivity index (χ1) is 14.3. The van der Waals surface area contributed by atoms with Crippen LogP contribution in [0.4, 0.5) is 11.4 Å². The van der Waals surface area contributed by atoms with Gasteiger partial charge in [0.05, 0.1) is 43.5 Å². The molecule has 2 aliphatic rings. The highest BCUT2D eigenvalue weighted by atomic mass is 32.2. The molecule has 3 rings (SSSR count). The SMILES string of the molecule is COC(=O)C1=C(Nc2ccccc2N2CCN(S(C)(=O)=O)CC2)C(=O)N(CCO)C1. The zero-order valence-corrected chi connectivity index (χ0v) is 17.8. The lowest BCUT2D eigenvalue weighted by molar-refractivity contribution is -0.136. The van der Waals surface area contributed by atoms with Gasteiger partial charge in [-0.3, -0.25) is 4.79 Å². The minimum Gasteiger partial charge on any atom is -0.466 e. The molecule has 0 aromatic heterocycles. The van der Waals surface area contributed by atoms with E-state index in [0.717, 1.165) is 5.69 Å². The maximum atomic E-state index is 12.8. The molecule has 0 saturated carbocycles. The van der Waals surface area contributed by atoms with E-state index in [1.807, 2.05) is 23.1 Å². The van der Waals surface area contributed by atoms with Gasteiger partial charge in [-0.05, 0) is 12.1 Å². The van der Waals surface area contributed by atoms with E-state index in [-0.39, 0.29) is 36.9 Å². The summed E-state index contributed by atoms with van der Waals surface area (Å²) >= 11 is 0. The molecular weight excluding hydrogens is 412 g/mol. The number of β-amino-alcohol motifs (C(OH)–C–C–N with tert-alkyl or cyclic N) is 1. The maximum absolute atomic E-state index is 12.8. The number of rotatable bonds is 7. The topological polar surface area (TPSA) is 119 Å². The Morgan fingerprint density at radius 1 is 1.20 bits per heavy atom. The van der Waals surface area contributed by atoms with Crippen molar-refractivity contribution >= 4 is 33.3 Å². The second kappa shape index (κ2) is 9.02. The van der Waals surface area contributed by atoms with E-state index < -0.39 is 16.0 Å². The second-order valence-electron chi connectivity index (χ2n) is 7.09. The third-order valence-corrected chi connectivity index (χ3v) is 6.47. The molecule has 2 heterocycles. The van der Waals surface area contributed by atoms with Crippen molar-refractivity contribution in [3.63, 3.8) is 0 Å². The molecule has 11 heteroatoms. The molecule has 10 nitrogen and oxygen atoms in total. The zero-order valence-electron chi connectivity index (χ0n) is 17.0. The number of benzene rings is 1. The Morgan fingerprint density at radius 2 is 1.87 bits per heavy atom. The number of aliphatic hydroxyl groups is 1. The number of esters is 1. The third kappa shape index (κ3) is 4.58. The van der Waals surface area contributed by atoms with Crippen LogP contribution in [0.1, 0.15) is 0 Å². The van der Waals surface area contributed by atoms with Gasteiger partial charge < -0.3 is 25.0 Å². The van der Waals surface area contributed by atoms with Crippen molar-refractivity contribution < 1.29 is 27.9 Å². The van der Waals surface area contributed by atoms with Gasteiger partial charge in [0.25, 0.3) is 5.91 Å². The van der Waals surface area contributed by atoms with Crippen LogP contribution in [-0.4, -0.2) is 93.8 Å². The van der Waals surface area contributed by atoms with Gasteiger partial charge in [0, 0.05) is 32.7 Å². The Balaban J connectivity index is 1.85. The molecule has 0 spiro atoms. The second-order valence-corrected chi connectivity index (χ2v) is 9.07. The van der Waals surface area contributed by atoms with Crippen molar-refractivity contribution in [2.45, 2.75) is 0 Å². The zero-order chi connectivity index (χ0) is 21.9. The van der Waals surface area contributed by atoms with Crippen LogP contribution in [0.3, 0.4) is 0 Å². The lowest BCUT2D eigenvalue weighted by Gasteiger charge is -2.35. The Labute approximate surface area is 175 Å². The number of aliphatic hydroxyl groups excluding tert-OH is 1. The number of methoxy groups -OCH3 is 1. The van der Waals surface area contributed by atoms with E-state index >= 15 is 0 Å². The van der Waals surface area contributed by atoms with Gasteiger partial charge in [-0.2, -0.15) is 4.31 Å². The predicted molar refractivity (Wildman–Crippen MR) is 111 cm³/mol. The standard InChI is InChI=1S/C19H26N4O6S/c1-29-19(26)14-13-22(11-12-24)18(25)17(14)20-15-5-3-4-6-16(15)21-7-9-23(10-8-21)30(2,27)28/h3-6,20,24H,7-13H2,1-2H3. The van der Waals surface area contributed by atoms with Gasteiger partial charge in [-0.15, -0.1) is 0 Å². The molecular formula is C19H26N4O6S. The minimum absolute atomic E-state index is 0.0591. The van der Waals surface area contributed by atoms with Crippen LogP contribution in [0.15, 0.2) is 35.5 Å². The molecule has 0 radical (unpaired) electrons. The molecule has 0 atom stereocenters. The number of ether oxygens (including phenoxy) is 1. The fraction of sp³-hybridized carbons (Fsp3) is 0.474. The summed E-state index contributed by atoms with van der Waals surface area (Å²) in [6.07, 6.45) is 1.20. The van der Waals surface area contributed by atoms with Crippen molar-refractivity contribution in [2.24, 2.45) is 0 Å². The molecule has 1 aromatic carbocycles. The van der Waals surface area contributed by atoms with Gasteiger partial charge in [0.15, 0.2) is 0 Å². The van der Waals surface area contributed by atoms with Crippen molar-refractivity contribution in [1.82, 2.24) is 9.21 Å². The first-order valence-electron chi connectivity index (χ1n) is 9.54. The Bertz CT molecular complexity index is 954. The smallest absolute Gasteiger partial charge is 0.337 e. The first kappa shape index (κ1) is 22.1. The summed E-state index contributed by atoms with van der Waals surface area (Å²) in [5.74, 6) is -0.994. The Hall–Kier alpha value is -2.63. The van der Waals surface area contributed by atoms with Crippen LogP contribution in [0, 0.1) is 0 Å². The van der Waals surface area contributed by atoms with E-state index in [1.54, 1.807) is 6.07 Å². The largest absolute Gasteiger partial charge is 0.466 e. The maximum Gasteiger partial charge on any atom is 0.337 e. The fourth-order valence-corrected chi connectivity index (χ4v) is 4.43. The van der Waals surface area contributed by atoms with Crippen LogP contribution < -0.4 is 10.2 Å². The molecule has 1 fully saturated rings. The number of hydrogen-bond donors (Lipinski definition) is 2. The van der Waals surface area contributed by atoms with Gasteiger partial charge in [0.2, 0.25) is 10.0 Å². The summed E-state index contributed by atoms with van der Waals surface area (Å²) in [6, 6.07) is 7.33. The van der Waals surface area contributed by atoms with E-state index in [9.17, 15) is 23.1 Å². The average Bonchev–Trinajstić information content (AvgIpc) is 3.03. The van der Waals surface area contributed by atoms with Crippen molar-refractivity contribution in [2.75, 3.05) is 69.5 Å². The summed E-state index contributed by atoms with van der Waals surface area (Å²) in [5, 5.41) is 12.3. The highest BCUT2D eigenvalue weighted by molar-refractivity contribution is 7.88. The van der Waals surface area contributed by atoms with Crippen molar-refractivity contribution in [3.05, 3.63) is 35.5 Å². The van der Waals surface area contributed by atoms with E-state index in [0.29, 0.717) is 31.9 Å². The monoisotopic (exact) mass is 438 g/mol. The highest BCUT2D eigenvalue weighted by Crippen LogP contribution is 2.30. The summed E-state index contributed by atoms with van der Waals surface area (Å²) in [6.45, 7) is 1.69. The first-order valence-corrected chi connectivity index (χ1v) is 11.4. The molecule has 2 aliphatic heterocycles. The number of nitrogens with zero attached hydrogens (tertiary/aromatic N) is 3. The molecule has 30 heavy (non-hydrogen) atoms.